The second kappa shape index (κ2) is 8.74. The molecule has 1 aromatic rings. The van der Waals surface area contributed by atoms with Crippen LogP contribution in [-0.2, 0) is 14.8 Å². The first kappa shape index (κ1) is 20.3. The van der Waals surface area contributed by atoms with Crippen molar-refractivity contribution in [2.75, 3.05) is 26.2 Å². The van der Waals surface area contributed by atoms with Crippen molar-refractivity contribution in [2.24, 2.45) is 5.92 Å². The van der Waals surface area contributed by atoms with Gasteiger partial charge in [0.15, 0.2) is 0 Å². The van der Waals surface area contributed by atoms with E-state index in [2.05, 4.69) is 13.8 Å². The molecule has 1 heterocycles. The summed E-state index contributed by atoms with van der Waals surface area (Å²) in [6.45, 7) is 5.93. The quantitative estimate of drug-likeness (QED) is 0.769. The molecule has 0 unspecified atom stereocenters. The van der Waals surface area contributed by atoms with Gasteiger partial charge in [-0.05, 0) is 42.4 Å². The van der Waals surface area contributed by atoms with Gasteiger partial charge < -0.3 is 4.90 Å². The molecule has 5 nitrogen and oxygen atoms in total. The number of carbonyl (C=O) groups is 1. The van der Waals surface area contributed by atoms with Crippen molar-refractivity contribution in [1.29, 1.82) is 0 Å². The van der Waals surface area contributed by atoms with Gasteiger partial charge in [-0.15, -0.1) is 0 Å². The maximum atomic E-state index is 12.9. The van der Waals surface area contributed by atoms with E-state index >= 15 is 0 Å². The fourth-order valence-electron chi connectivity index (χ4n) is 4.12. The third kappa shape index (κ3) is 4.91. The number of piperazine rings is 1. The van der Waals surface area contributed by atoms with Crippen molar-refractivity contribution >= 4 is 15.9 Å². The van der Waals surface area contributed by atoms with Crippen molar-refractivity contribution in [1.82, 2.24) is 9.21 Å². The Morgan fingerprint density at radius 2 is 1.59 bits per heavy atom. The fraction of sp³-hybridized carbons (Fsp3) is 0.667. The second-order valence-corrected chi connectivity index (χ2v) is 10.2. The van der Waals surface area contributed by atoms with Gasteiger partial charge in [-0.2, -0.15) is 4.31 Å². The first-order valence-electron chi connectivity index (χ1n) is 10.3. The average Bonchev–Trinajstić information content (AvgIpc) is 2.69. The van der Waals surface area contributed by atoms with E-state index in [1.165, 1.54) is 23.6 Å². The summed E-state index contributed by atoms with van der Waals surface area (Å²) >= 11 is 0. The van der Waals surface area contributed by atoms with Crippen molar-refractivity contribution in [3.8, 4) is 0 Å². The van der Waals surface area contributed by atoms with Gasteiger partial charge in [-0.25, -0.2) is 8.42 Å². The summed E-state index contributed by atoms with van der Waals surface area (Å²) in [6, 6.07) is 7.18. The monoisotopic (exact) mass is 392 g/mol. The predicted octanol–water partition coefficient (Wildman–Crippen LogP) is 3.61. The van der Waals surface area contributed by atoms with Crippen LogP contribution in [0.25, 0.3) is 0 Å². The molecule has 0 bridgehead atoms. The predicted molar refractivity (Wildman–Crippen MR) is 107 cm³/mol. The minimum atomic E-state index is -3.49. The highest BCUT2D eigenvalue weighted by atomic mass is 32.2. The van der Waals surface area contributed by atoms with Crippen LogP contribution in [0.4, 0.5) is 0 Å². The summed E-state index contributed by atoms with van der Waals surface area (Å²) in [7, 11) is -3.49. The lowest BCUT2D eigenvalue weighted by Crippen LogP contribution is -2.50. The van der Waals surface area contributed by atoms with E-state index in [0.717, 1.165) is 18.4 Å². The first-order valence-corrected chi connectivity index (χ1v) is 11.7. The number of amides is 1. The van der Waals surface area contributed by atoms with Crippen molar-refractivity contribution < 1.29 is 13.2 Å². The molecule has 0 N–H and O–H groups in total. The smallest absolute Gasteiger partial charge is 0.243 e. The molecule has 150 valence electrons. The summed E-state index contributed by atoms with van der Waals surface area (Å²) in [4.78, 5) is 14.7. The summed E-state index contributed by atoms with van der Waals surface area (Å²) in [5.74, 6) is 1.09. The van der Waals surface area contributed by atoms with Crippen LogP contribution in [-0.4, -0.2) is 49.7 Å². The molecule has 2 aliphatic rings. The number of nitrogens with zero attached hydrogens (tertiary/aromatic N) is 2. The third-order valence-electron chi connectivity index (χ3n) is 5.96. The number of benzene rings is 1. The third-order valence-corrected chi connectivity index (χ3v) is 7.88. The molecule has 1 aromatic carbocycles. The highest BCUT2D eigenvalue weighted by Gasteiger charge is 2.31. The molecule has 1 aliphatic heterocycles. The number of hydrogen-bond donors (Lipinski definition) is 0. The lowest BCUT2D eigenvalue weighted by atomic mass is 9.86. The summed E-state index contributed by atoms with van der Waals surface area (Å²) < 4.78 is 27.3. The Bertz CT molecular complexity index is 729. The summed E-state index contributed by atoms with van der Waals surface area (Å²) in [5.41, 5.74) is 1.13. The van der Waals surface area contributed by atoms with Gasteiger partial charge in [0.05, 0.1) is 4.90 Å². The number of sulfonamides is 1. The summed E-state index contributed by atoms with van der Waals surface area (Å²) in [5, 5.41) is 0. The second-order valence-electron chi connectivity index (χ2n) is 8.22. The highest BCUT2D eigenvalue weighted by Crippen LogP contribution is 2.27. The molecule has 1 amide bonds. The Morgan fingerprint density at radius 3 is 2.15 bits per heavy atom. The van der Waals surface area contributed by atoms with Gasteiger partial charge in [-0.3, -0.25) is 4.79 Å². The van der Waals surface area contributed by atoms with E-state index in [1.54, 1.807) is 12.1 Å². The lowest BCUT2D eigenvalue weighted by Gasteiger charge is -2.35. The Kier molecular flexibility index (Phi) is 6.58. The minimum absolute atomic E-state index is 0.195. The molecule has 27 heavy (non-hydrogen) atoms. The molecule has 1 saturated heterocycles. The topological polar surface area (TPSA) is 57.7 Å². The standard InChI is InChI=1S/C21H32N2O3S/c1-17(2)19-8-10-20(11-9-19)27(25,26)23-14-12-22(13-15-23)21(24)16-18-6-4-3-5-7-18/h8-11,17-18H,3-7,12-16H2,1-2H3. The van der Waals surface area contributed by atoms with Crippen LogP contribution in [0, 0.1) is 5.92 Å². The normalized spacial score (nSPS) is 20.2. The number of carbonyl (C=O) groups excluding carboxylic acids is 1. The van der Waals surface area contributed by atoms with Gasteiger partial charge >= 0.3 is 0 Å². The number of rotatable bonds is 5. The molecule has 0 aromatic heterocycles. The average molecular weight is 393 g/mol. The zero-order valence-electron chi connectivity index (χ0n) is 16.6. The van der Waals surface area contributed by atoms with Crippen molar-refractivity contribution in [2.45, 2.75) is 63.2 Å². The molecule has 0 radical (unpaired) electrons. The van der Waals surface area contributed by atoms with E-state index in [0.29, 0.717) is 49.3 Å². The molecule has 2 fully saturated rings. The highest BCUT2D eigenvalue weighted by molar-refractivity contribution is 7.89. The Morgan fingerprint density at radius 1 is 1.00 bits per heavy atom. The largest absolute Gasteiger partial charge is 0.340 e. The molecule has 1 aliphatic carbocycles. The van der Waals surface area contributed by atoms with Gasteiger partial charge in [0.1, 0.15) is 0 Å². The van der Waals surface area contributed by atoms with Gasteiger partial charge in [0.2, 0.25) is 15.9 Å². The van der Waals surface area contributed by atoms with Gasteiger partial charge in [0.25, 0.3) is 0 Å². The zero-order valence-corrected chi connectivity index (χ0v) is 17.4. The molecule has 0 spiro atoms. The van der Waals surface area contributed by atoms with E-state index in [-0.39, 0.29) is 5.91 Å². The van der Waals surface area contributed by atoms with Crippen LogP contribution in [0.15, 0.2) is 29.2 Å². The minimum Gasteiger partial charge on any atom is -0.340 e. The van der Waals surface area contributed by atoms with E-state index in [1.807, 2.05) is 17.0 Å². The zero-order chi connectivity index (χ0) is 19.4. The Hall–Kier alpha value is -1.40. The van der Waals surface area contributed by atoms with Crippen LogP contribution >= 0.6 is 0 Å². The van der Waals surface area contributed by atoms with E-state index in [9.17, 15) is 13.2 Å². The van der Waals surface area contributed by atoms with Crippen molar-refractivity contribution in [3.05, 3.63) is 29.8 Å². The van der Waals surface area contributed by atoms with Crippen LogP contribution in [0.3, 0.4) is 0 Å². The van der Waals surface area contributed by atoms with Crippen LogP contribution < -0.4 is 0 Å². The van der Waals surface area contributed by atoms with E-state index < -0.39 is 10.0 Å². The van der Waals surface area contributed by atoms with Gasteiger partial charge in [-0.1, -0.05) is 45.2 Å². The van der Waals surface area contributed by atoms with Crippen molar-refractivity contribution in [3.63, 3.8) is 0 Å². The molecule has 6 heteroatoms. The van der Waals surface area contributed by atoms with Crippen LogP contribution in [0.5, 0.6) is 0 Å². The molecule has 3 rings (SSSR count). The lowest BCUT2D eigenvalue weighted by molar-refractivity contribution is -0.133. The summed E-state index contributed by atoms with van der Waals surface area (Å²) in [6.07, 6.45) is 6.71. The fourth-order valence-corrected chi connectivity index (χ4v) is 5.54. The molecular formula is C21H32N2O3S. The van der Waals surface area contributed by atoms with Crippen LogP contribution in [0.2, 0.25) is 0 Å². The number of hydrogen-bond acceptors (Lipinski definition) is 3. The SMILES string of the molecule is CC(C)c1ccc(S(=O)(=O)N2CCN(C(=O)CC3CCCCC3)CC2)cc1. The van der Waals surface area contributed by atoms with Gasteiger partial charge in [0, 0.05) is 32.6 Å². The maximum absolute atomic E-state index is 12.9. The molecule has 0 atom stereocenters. The van der Waals surface area contributed by atoms with Crippen LogP contribution in [0.1, 0.15) is 63.9 Å². The Balaban J connectivity index is 1.56. The maximum Gasteiger partial charge on any atom is 0.243 e. The van der Waals surface area contributed by atoms with E-state index in [4.69, 9.17) is 0 Å². The Labute approximate surface area is 163 Å². The molecule has 1 saturated carbocycles. The first-order chi connectivity index (χ1) is 12.9. The molecular weight excluding hydrogens is 360 g/mol.